The Morgan fingerprint density at radius 1 is 0.455 bits per heavy atom. The van der Waals surface area contributed by atoms with Crippen LogP contribution >= 0.6 is 0 Å². The first-order valence-corrected chi connectivity index (χ1v) is 16.2. The highest BCUT2D eigenvalue weighted by molar-refractivity contribution is 6.42. The Morgan fingerprint density at radius 3 is 1.23 bits per heavy atom. The molecule has 0 spiro atoms. The number of carbonyl (C=O) groups is 4. The third-order valence-corrected chi connectivity index (χ3v) is 10.0. The van der Waals surface area contributed by atoms with Gasteiger partial charge in [-0.3, -0.25) is 29.0 Å². The molecule has 0 saturated heterocycles. The van der Waals surface area contributed by atoms with Crippen molar-refractivity contribution in [3.63, 3.8) is 0 Å². The van der Waals surface area contributed by atoms with Crippen molar-refractivity contribution in [3.8, 4) is 0 Å². The van der Waals surface area contributed by atoms with E-state index in [1.807, 2.05) is 36.4 Å². The van der Waals surface area contributed by atoms with E-state index in [0.29, 0.717) is 22.3 Å². The van der Waals surface area contributed by atoms with Crippen LogP contribution in [0.1, 0.15) is 118 Å². The Bertz CT molecular complexity index is 1910. The lowest BCUT2D eigenvalue weighted by molar-refractivity contribution is 0.0635. The second kappa shape index (κ2) is 10.7. The molecule has 0 N–H and O–H groups in total. The van der Waals surface area contributed by atoms with Gasteiger partial charge in [0.05, 0.1) is 0 Å². The van der Waals surface area contributed by atoms with Gasteiger partial charge in [0.2, 0.25) is 0 Å². The zero-order chi connectivity index (χ0) is 30.9. The Labute approximate surface area is 257 Å². The molecule has 5 aromatic carbocycles. The van der Waals surface area contributed by atoms with Crippen LogP contribution in [0.3, 0.4) is 0 Å². The van der Waals surface area contributed by atoms with Crippen molar-refractivity contribution in [2.45, 2.75) is 78.1 Å². The third-order valence-electron chi connectivity index (χ3n) is 10.0. The predicted octanol–water partition coefficient (Wildman–Crippen LogP) is 8.43. The van der Waals surface area contributed by atoms with Crippen LogP contribution in [-0.2, 0) is 12.8 Å². The maximum atomic E-state index is 13.6. The van der Waals surface area contributed by atoms with Crippen molar-refractivity contribution in [2.24, 2.45) is 0 Å². The summed E-state index contributed by atoms with van der Waals surface area (Å²) < 4.78 is 0. The maximum absolute atomic E-state index is 13.6. The molecule has 0 aliphatic carbocycles. The van der Waals surface area contributed by atoms with Crippen molar-refractivity contribution in [3.05, 3.63) is 69.8 Å². The van der Waals surface area contributed by atoms with Crippen LogP contribution in [0, 0.1) is 0 Å². The zero-order valence-corrected chi connectivity index (χ0v) is 26.1. The lowest BCUT2D eigenvalue weighted by Gasteiger charge is -2.30. The number of unbranched alkanes of at least 4 members (excludes halogenated alkanes) is 6. The summed E-state index contributed by atoms with van der Waals surface area (Å²) in [6, 6.07) is 11.8. The second-order valence-corrected chi connectivity index (χ2v) is 12.7. The Balaban J connectivity index is 1.66. The van der Waals surface area contributed by atoms with E-state index in [0.717, 1.165) is 118 Å². The van der Waals surface area contributed by atoms with Crippen LogP contribution < -0.4 is 0 Å². The molecule has 2 heterocycles. The molecule has 4 amide bonds. The minimum absolute atomic E-state index is 0.268. The van der Waals surface area contributed by atoms with E-state index in [-0.39, 0.29) is 23.6 Å². The standard InChI is InChI=1S/C38H38N2O4/c1-5-7-9-11-13-21-19-27-31-25(35(41)39(3)37(27)43)18-16-24-30-22(14-12-10-8-6-2)20-28-32-26(36(42)40(4)38(28)44)17-15-23(34(30)32)29(21)33(24)31/h15-20H,5-14H2,1-4H3. The lowest BCUT2D eigenvalue weighted by Crippen LogP contribution is -2.37. The van der Waals surface area contributed by atoms with Crippen LogP contribution in [0.2, 0.25) is 0 Å². The smallest absolute Gasteiger partial charge is 0.261 e. The van der Waals surface area contributed by atoms with Crippen LogP contribution in [0.5, 0.6) is 0 Å². The van der Waals surface area contributed by atoms with Crippen molar-refractivity contribution in [2.75, 3.05) is 14.1 Å². The highest BCUT2D eigenvalue weighted by Crippen LogP contribution is 2.49. The average Bonchev–Trinajstić information content (AvgIpc) is 3.04. The largest absolute Gasteiger partial charge is 0.277 e. The van der Waals surface area contributed by atoms with E-state index < -0.39 is 0 Å². The number of carbonyl (C=O) groups excluding carboxylic acids is 4. The van der Waals surface area contributed by atoms with Gasteiger partial charge >= 0.3 is 0 Å². The summed E-state index contributed by atoms with van der Waals surface area (Å²) >= 11 is 0. The highest BCUT2D eigenvalue weighted by Gasteiger charge is 2.36. The number of imide groups is 2. The van der Waals surface area contributed by atoms with Gasteiger partial charge in [-0.1, -0.05) is 64.5 Å². The molecule has 0 aromatic heterocycles. The maximum Gasteiger partial charge on any atom is 0.261 e. The monoisotopic (exact) mass is 586 g/mol. The molecule has 224 valence electrons. The summed E-state index contributed by atoms with van der Waals surface area (Å²) in [5.41, 5.74) is 4.42. The van der Waals surface area contributed by atoms with Crippen LogP contribution in [0.15, 0.2) is 36.4 Å². The number of nitrogens with zero attached hydrogens (tertiary/aromatic N) is 2. The quantitative estimate of drug-likeness (QED) is 0.0712. The Morgan fingerprint density at radius 2 is 0.841 bits per heavy atom. The molecule has 0 radical (unpaired) electrons. The molecule has 0 unspecified atom stereocenters. The number of hydrogen-bond acceptors (Lipinski definition) is 4. The molecule has 44 heavy (non-hydrogen) atoms. The van der Waals surface area contributed by atoms with Gasteiger partial charge in [-0.05, 0) is 93.4 Å². The average molecular weight is 587 g/mol. The van der Waals surface area contributed by atoms with E-state index >= 15 is 0 Å². The predicted molar refractivity (Wildman–Crippen MR) is 176 cm³/mol. The summed E-state index contributed by atoms with van der Waals surface area (Å²) in [7, 11) is 3.12. The first kappa shape index (κ1) is 28.5. The molecule has 6 heteroatoms. The minimum Gasteiger partial charge on any atom is -0.277 e. The van der Waals surface area contributed by atoms with Gasteiger partial charge in [-0.25, -0.2) is 0 Å². The van der Waals surface area contributed by atoms with Gasteiger partial charge in [0.15, 0.2) is 0 Å². The molecule has 0 bridgehead atoms. The SMILES string of the molecule is CCCCCCc1cc2c3c(ccc4c5c(CCCCCC)cc6c7c(ccc(c1c34)c75)C(=O)N(C)C6=O)C(=O)N(C)C2=O. The van der Waals surface area contributed by atoms with Gasteiger partial charge in [-0.15, -0.1) is 0 Å². The molecular weight excluding hydrogens is 548 g/mol. The first-order chi connectivity index (χ1) is 21.3. The fraction of sp³-hybridized carbons (Fsp3) is 0.368. The molecule has 0 saturated carbocycles. The molecule has 0 atom stereocenters. The summed E-state index contributed by atoms with van der Waals surface area (Å²) in [4.78, 5) is 56.6. The van der Waals surface area contributed by atoms with E-state index in [4.69, 9.17) is 0 Å². The van der Waals surface area contributed by atoms with E-state index in [1.54, 1.807) is 14.1 Å². The topological polar surface area (TPSA) is 74.8 Å². The highest BCUT2D eigenvalue weighted by atomic mass is 16.2. The van der Waals surface area contributed by atoms with Gasteiger partial charge in [0.1, 0.15) is 0 Å². The molecule has 7 rings (SSSR count). The van der Waals surface area contributed by atoms with E-state index in [1.165, 1.54) is 9.80 Å². The van der Waals surface area contributed by atoms with Crippen LogP contribution in [-0.4, -0.2) is 47.5 Å². The molecule has 6 nitrogen and oxygen atoms in total. The summed E-state index contributed by atoms with van der Waals surface area (Å²) in [6.45, 7) is 4.39. The molecule has 0 fully saturated rings. The number of fused-ring (bicyclic) bond motifs is 2. The third kappa shape index (κ3) is 3.92. The number of aryl methyl sites for hydroxylation is 2. The summed E-state index contributed by atoms with van der Waals surface area (Å²) in [5.74, 6) is -1.11. The number of rotatable bonds is 10. The normalized spacial score (nSPS) is 14.9. The Hall–Kier alpha value is -4.32. The second-order valence-electron chi connectivity index (χ2n) is 12.7. The fourth-order valence-corrected chi connectivity index (χ4v) is 7.75. The number of benzene rings is 5. The number of amides is 4. The van der Waals surface area contributed by atoms with E-state index in [9.17, 15) is 19.2 Å². The zero-order valence-electron chi connectivity index (χ0n) is 26.1. The van der Waals surface area contributed by atoms with Gasteiger partial charge in [0, 0.05) is 47.1 Å². The van der Waals surface area contributed by atoms with Gasteiger partial charge < -0.3 is 0 Å². The minimum atomic E-state index is -0.286. The Kier molecular flexibility index (Phi) is 6.91. The van der Waals surface area contributed by atoms with Gasteiger partial charge in [-0.2, -0.15) is 0 Å². The molecular formula is C38H38N2O4. The molecule has 5 aromatic rings. The van der Waals surface area contributed by atoms with Crippen molar-refractivity contribution in [1.82, 2.24) is 9.80 Å². The lowest BCUT2D eigenvalue weighted by atomic mass is 9.78. The molecule has 2 aliphatic rings. The molecule has 2 aliphatic heterocycles. The summed E-state index contributed by atoms with van der Waals surface area (Å²) in [6.07, 6.45) is 10.3. The summed E-state index contributed by atoms with van der Waals surface area (Å²) in [5, 5.41) is 7.41. The first-order valence-electron chi connectivity index (χ1n) is 16.2. The fourth-order valence-electron chi connectivity index (χ4n) is 7.75. The van der Waals surface area contributed by atoms with Gasteiger partial charge in [0.25, 0.3) is 23.6 Å². The van der Waals surface area contributed by atoms with Crippen LogP contribution in [0.4, 0.5) is 0 Å². The van der Waals surface area contributed by atoms with Crippen molar-refractivity contribution >= 4 is 66.7 Å². The van der Waals surface area contributed by atoms with Crippen molar-refractivity contribution < 1.29 is 19.2 Å². The van der Waals surface area contributed by atoms with E-state index in [2.05, 4.69) is 13.8 Å². The van der Waals surface area contributed by atoms with Crippen molar-refractivity contribution in [1.29, 1.82) is 0 Å². The number of hydrogen-bond donors (Lipinski definition) is 0. The van der Waals surface area contributed by atoms with Crippen LogP contribution in [0.25, 0.3) is 43.1 Å².